The van der Waals surface area contributed by atoms with Crippen LogP contribution in [0.4, 0.5) is 13.2 Å². The monoisotopic (exact) mass is 292 g/mol. The molecule has 0 heterocycles. The summed E-state index contributed by atoms with van der Waals surface area (Å²) in [5.41, 5.74) is -3.79. The molecule has 0 saturated heterocycles. The van der Waals surface area contributed by atoms with Gasteiger partial charge in [0.2, 0.25) is 0 Å². The van der Waals surface area contributed by atoms with E-state index in [1.54, 1.807) is 0 Å². The van der Waals surface area contributed by atoms with Crippen molar-refractivity contribution in [1.82, 2.24) is 0 Å². The van der Waals surface area contributed by atoms with Crippen LogP contribution in [-0.2, 0) is 5.60 Å². The van der Waals surface area contributed by atoms with Gasteiger partial charge in [-0.2, -0.15) is 13.2 Å². The molecule has 1 aromatic rings. The lowest BCUT2D eigenvalue weighted by Gasteiger charge is -2.28. The van der Waals surface area contributed by atoms with Gasteiger partial charge in [-0.05, 0) is 19.1 Å². The summed E-state index contributed by atoms with van der Waals surface area (Å²) in [6, 6.07) is 2.40. The minimum absolute atomic E-state index is 0.106. The molecule has 7 heteroatoms. The van der Waals surface area contributed by atoms with Crippen molar-refractivity contribution in [3.8, 4) is 0 Å². The van der Waals surface area contributed by atoms with Crippen molar-refractivity contribution >= 4 is 34.8 Å². The third kappa shape index (κ3) is 2.25. The predicted molar refractivity (Wildman–Crippen MR) is 57.1 cm³/mol. The Morgan fingerprint density at radius 1 is 1.06 bits per heavy atom. The van der Waals surface area contributed by atoms with E-state index >= 15 is 0 Å². The fraction of sp³-hybridized carbons (Fsp3) is 0.333. The van der Waals surface area contributed by atoms with Gasteiger partial charge in [0.1, 0.15) is 0 Å². The fourth-order valence-corrected chi connectivity index (χ4v) is 2.01. The van der Waals surface area contributed by atoms with Gasteiger partial charge in [0.15, 0.2) is 5.60 Å². The summed E-state index contributed by atoms with van der Waals surface area (Å²) in [4.78, 5) is 0. The zero-order chi connectivity index (χ0) is 12.7. The van der Waals surface area contributed by atoms with Crippen molar-refractivity contribution < 1.29 is 18.3 Å². The van der Waals surface area contributed by atoms with Crippen LogP contribution in [0.3, 0.4) is 0 Å². The van der Waals surface area contributed by atoms with E-state index in [1.807, 2.05) is 0 Å². The van der Waals surface area contributed by atoms with Crippen molar-refractivity contribution in [2.75, 3.05) is 0 Å². The molecule has 1 unspecified atom stereocenters. The smallest absolute Gasteiger partial charge is 0.376 e. The summed E-state index contributed by atoms with van der Waals surface area (Å²) in [5.74, 6) is 0. The van der Waals surface area contributed by atoms with E-state index in [0.29, 0.717) is 6.92 Å². The number of benzene rings is 1. The van der Waals surface area contributed by atoms with E-state index in [0.717, 1.165) is 6.07 Å². The molecule has 16 heavy (non-hydrogen) atoms. The lowest BCUT2D eigenvalue weighted by atomic mass is 9.95. The van der Waals surface area contributed by atoms with Crippen LogP contribution < -0.4 is 0 Å². The molecule has 1 atom stereocenters. The molecule has 1 rings (SSSR count). The summed E-state index contributed by atoms with van der Waals surface area (Å²) in [5, 5.41) is 8.65. The summed E-state index contributed by atoms with van der Waals surface area (Å²) in [6.45, 7) is 0.566. The highest BCUT2D eigenvalue weighted by molar-refractivity contribution is 6.44. The SMILES string of the molecule is CC(O)(c1c(Cl)ccc(Cl)c1Cl)C(F)(F)F. The second-order valence-electron chi connectivity index (χ2n) is 3.29. The molecule has 0 radical (unpaired) electrons. The van der Waals surface area contributed by atoms with Gasteiger partial charge in [0, 0.05) is 10.6 Å². The summed E-state index contributed by atoms with van der Waals surface area (Å²) in [6.07, 6.45) is -4.90. The van der Waals surface area contributed by atoms with E-state index in [2.05, 4.69) is 0 Å². The maximum absolute atomic E-state index is 12.6. The number of aliphatic hydroxyl groups is 1. The topological polar surface area (TPSA) is 20.2 Å². The minimum Gasteiger partial charge on any atom is -0.376 e. The second-order valence-corrected chi connectivity index (χ2v) is 4.48. The van der Waals surface area contributed by atoms with Gasteiger partial charge in [-0.15, -0.1) is 0 Å². The largest absolute Gasteiger partial charge is 0.421 e. The Morgan fingerprint density at radius 3 is 1.94 bits per heavy atom. The van der Waals surface area contributed by atoms with Crippen LogP contribution in [0.5, 0.6) is 0 Å². The van der Waals surface area contributed by atoms with Crippen LogP contribution in [0.2, 0.25) is 15.1 Å². The molecular weight excluding hydrogens is 287 g/mol. The van der Waals surface area contributed by atoms with Gasteiger partial charge in [-0.25, -0.2) is 0 Å². The molecule has 0 saturated carbocycles. The lowest BCUT2D eigenvalue weighted by molar-refractivity contribution is -0.258. The van der Waals surface area contributed by atoms with Gasteiger partial charge < -0.3 is 5.11 Å². The maximum Gasteiger partial charge on any atom is 0.421 e. The summed E-state index contributed by atoms with van der Waals surface area (Å²) in [7, 11) is 0. The number of alkyl halides is 3. The van der Waals surface area contributed by atoms with Crippen molar-refractivity contribution in [3.05, 3.63) is 32.8 Å². The Morgan fingerprint density at radius 2 is 1.50 bits per heavy atom. The van der Waals surface area contributed by atoms with Crippen molar-refractivity contribution in [2.24, 2.45) is 0 Å². The molecule has 0 aliphatic rings. The first kappa shape index (κ1) is 13.9. The van der Waals surface area contributed by atoms with Gasteiger partial charge in [0.05, 0.1) is 10.0 Å². The second kappa shape index (κ2) is 4.26. The number of hydrogen-bond acceptors (Lipinski definition) is 1. The highest BCUT2D eigenvalue weighted by atomic mass is 35.5. The Balaban J connectivity index is 3.50. The fourth-order valence-electron chi connectivity index (χ4n) is 1.12. The van der Waals surface area contributed by atoms with E-state index in [-0.39, 0.29) is 10.0 Å². The molecule has 90 valence electrons. The third-order valence-corrected chi connectivity index (χ3v) is 3.20. The van der Waals surface area contributed by atoms with E-state index in [1.165, 1.54) is 6.07 Å². The Labute approximate surface area is 105 Å². The normalized spacial score (nSPS) is 16.0. The number of hydrogen-bond donors (Lipinski definition) is 1. The zero-order valence-electron chi connectivity index (χ0n) is 7.87. The molecular formula is C9H6Cl3F3O. The minimum atomic E-state index is -4.90. The average molecular weight is 293 g/mol. The van der Waals surface area contributed by atoms with Gasteiger partial charge in [-0.3, -0.25) is 0 Å². The van der Waals surface area contributed by atoms with Crippen LogP contribution in [0, 0.1) is 0 Å². The third-order valence-electron chi connectivity index (χ3n) is 2.08. The summed E-state index contributed by atoms with van der Waals surface area (Å²) >= 11 is 16.8. The molecule has 0 amide bonds. The van der Waals surface area contributed by atoms with Crippen LogP contribution in [0.25, 0.3) is 0 Å². The van der Waals surface area contributed by atoms with Crippen LogP contribution in [-0.4, -0.2) is 11.3 Å². The zero-order valence-corrected chi connectivity index (χ0v) is 10.1. The van der Waals surface area contributed by atoms with Gasteiger partial charge in [0.25, 0.3) is 0 Å². The highest BCUT2D eigenvalue weighted by Crippen LogP contribution is 2.46. The summed E-state index contributed by atoms with van der Waals surface area (Å²) < 4.78 is 37.8. The number of rotatable bonds is 1. The average Bonchev–Trinajstić information content (AvgIpc) is 2.10. The van der Waals surface area contributed by atoms with E-state index < -0.39 is 22.4 Å². The van der Waals surface area contributed by atoms with Crippen molar-refractivity contribution in [3.63, 3.8) is 0 Å². The van der Waals surface area contributed by atoms with E-state index in [9.17, 15) is 18.3 Å². The Bertz CT molecular complexity index is 415. The Kier molecular flexibility index (Phi) is 3.70. The number of halogens is 6. The molecule has 0 fully saturated rings. The molecule has 0 aliphatic carbocycles. The van der Waals surface area contributed by atoms with Crippen LogP contribution in [0.15, 0.2) is 12.1 Å². The van der Waals surface area contributed by atoms with Gasteiger partial charge in [-0.1, -0.05) is 34.8 Å². The molecule has 1 aromatic carbocycles. The highest BCUT2D eigenvalue weighted by Gasteiger charge is 2.53. The predicted octanol–water partition coefficient (Wildman–Crippen LogP) is 4.42. The molecule has 0 bridgehead atoms. The van der Waals surface area contributed by atoms with Crippen LogP contribution >= 0.6 is 34.8 Å². The van der Waals surface area contributed by atoms with Gasteiger partial charge >= 0.3 is 6.18 Å². The molecule has 0 spiro atoms. The van der Waals surface area contributed by atoms with Crippen molar-refractivity contribution in [2.45, 2.75) is 18.7 Å². The lowest BCUT2D eigenvalue weighted by Crippen LogP contribution is -2.39. The molecule has 0 aliphatic heterocycles. The maximum atomic E-state index is 12.6. The van der Waals surface area contributed by atoms with Crippen LogP contribution in [0.1, 0.15) is 12.5 Å². The quantitative estimate of drug-likeness (QED) is 0.760. The first-order valence-electron chi connectivity index (χ1n) is 4.02. The molecule has 1 nitrogen and oxygen atoms in total. The Hall–Kier alpha value is -0.160. The van der Waals surface area contributed by atoms with E-state index in [4.69, 9.17) is 34.8 Å². The molecule has 1 N–H and O–H groups in total. The first-order valence-corrected chi connectivity index (χ1v) is 5.15. The van der Waals surface area contributed by atoms with Crippen molar-refractivity contribution in [1.29, 1.82) is 0 Å². The first-order chi connectivity index (χ1) is 7.09. The standard InChI is InChI=1S/C9H6Cl3F3O/c1-8(16,9(13,14)15)6-4(10)2-3-5(11)7(6)12/h2-3,16H,1H3. The molecule has 0 aromatic heterocycles.